The van der Waals surface area contributed by atoms with Gasteiger partial charge in [0.05, 0.1) is 17.4 Å². The monoisotopic (exact) mass is 279 g/mol. The van der Waals surface area contributed by atoms with E-state index >= 15 is 0 Å². The van der Waals surface area contributed by atoms with E-state index in [0.29, 0.717) is 0 Å². The molecule has 1 N–H and O–H groups in total. The van der Waals surface area contributed by atoms with Gasteiger partial charge in [-0.3, -0.25) is 9.48 Å². The van der Waals surface area contributed by atoms with Crippen molar-refractivity contribution in [3.63, 3.8) is 0 Å². The number of amides is 1. The lowest BCUT2D eigenvalue weighted by atomic mass is 10.2. The number of hydrogen-bond acceptors (Lipinski definition) is 2. The maximum atomic E-state index is 13.4. The lowest BCUT2D eigenvalue weighted by molar-refractivity contribution is -0.116. The van der Waals surface area contributed by atoms with Crippen LogP contribution in [0.2, 0.25) is 0 Å². The molecule has 1 aromatic heterocycles. The third-order valence-electron chi connectivity index (χ3n) is 2.88. The molecule has 106 valence electrons. The van der Waals surface area contributed by atoms with Crippen molar-refractivity contribution in [1.29, 1.82) is 0 Å². The molecule has 2 aromatic rings. The Hall–Kier alpha value is -2.24. The van der Waals surface area contributed by atoms with E-state index in [-0.39, 0.29) is 24.1 Å². The van der Waals surface area contributed by atoms with Crippen molar-refractivity contribution >= 4 is 11.6 Å². The first-order valence-corrected chi connectivity index (χ1v) is 6.22. The summed E-state index contributed by atoms with van der Waals surface area (Å²) in [4.78, 5) is 11.8. The van der Waals surface area contributed by atoms with Crippen LogP contribution < -0.4 is 5.32 Å². The largest absolute Gasteiger partial charge is 0.324 e. The highest BCUT2D eigenvalue weighted by molar-refractivity contribution is 5.91. The summed E-state index contributed by atoms with van der Waals surface area (Å²) in [7, 11) is 0. The standard InChI is InChI=1S/C14H15F2N3O/c1-9-5-6-19(18-9)10(2)7-14(20)17-13-4-3-11(15)8-12(13)16/h3-6,8,10H,7H2,1-2H3,(H,17,20)/t10-/m1/s1. The van der Waals surface area contributed by atoms with Gasteiger partial charge >= 0.3 is 0 Å². The zero-order valence-corrected chi connectivity index (χ0v) is 11.2. The van der Waals surface area contributed by atoms with Crippen molar-refractivity contribution < 1.29 is 13.6 Å². The maximum absolute atomic E-state index is 13.4. The van der Waals surface area contributed by atoms with Crippen LogP contribution in [0, 0.1) is 18.6 Å². The molecule has 0 aliphatic rings. The van der Waals surface area contributed by atoms with Gasteiger partial charge in [-0.15, -0.1) is 0 Å². The number of carbonyl (C=O) groups excluding carboxylic acids is 1. The zero-order valence-electron chi connectivity index (χ0n) is 11.2. The molecule has 1 heterocycles. The fourth-order valence-corrected chi connectivity index (χ4v) is 1.83. The van der Waals surface area contributed by atoms with Gasteiger partial charge in [0, 0.05) is 18.7 Å². The smallest absolute Gasteiger partial charge is 0.226 e. The quantitative estimate of drug-likeness (QED) is 0.935. The minimum atomic E-state index is -0.791. The molecule has 0 aliphatic heterocycles. The Kier molecular flexibility index (Phi) is 4.12. The minimum absolute atomic E-state index is 0.0276. The average molecular weight is 279 g/mol. The number of rotatable bonds is 4. The molecule has 0 saturated carbocycles. The second-order valence-electron chi connectivity index (χ2n) is 4.66. The SMILES string of the molecule is Cc1ccn([C@H](C)CC(=O)Nc2ccc(F)cc2F)n1. The van der Waals surface area contributed by atoms with Gasteiger partial charge in [0.15, 0.2) is 0 Å². The molecule has 1 atom stereocenters. The Morgan fingerprint density at radius 3 is 2.75 bits per heavy atom. The summed E-state index contributed by atoms with van der Waals surface area (Å²) in [5, 5.41) is 6.64. The first kappa shape index (κ1) is 14.2. The molecule has 0 fully saturated rings. The van der Waals surface area contributed by atoms with Crippen molar-refractivity contribution in [3.05, 3.63) is 47.8 Å². The fraction of sp³-hybridized carbons (Fsp3) is 0.286. The van der Waals surface area contributed by atoms with Gasteiger partial charge < -0.3 is 5.32 Å². The Balaban J connectivity index is 1.98. The summed E-state index contributed by atoms with van der Waals surface area (Å²) >= 11 is 0. The normalized spacial score (nSPS) is 12.2. The van der Waals surface area contributed by atoms with Crippen molar-refractivity contribution in [2.75, 3.05) is 5.32 Å². The number of aromatic nitrogens is 2. The van der Waals surface area contributed by atoms with Crippen LogP contribution in [0.1, 0.15) is 25.1 Å². The number of aryl methyl sites for hydroxylation is 1. The van der Waals surface area contributed by atoms with Crippen LogP contribution in [0.3, 0.4) is 0 Å². The average Bonchev–Trinajstić information content (AvgIpc) is 2.79. The number of benzene rings is 1. The van der Waals surface area contributed by atoms with E-state index in [1.54, 1.807) is 10.9 Å². The maximum Gasteiger partial charge on any atom is 0.226 e. The van der Waals surface area contributed by atoms with E-state index in [1.165, 1.54) is 6.07 Å². The number of carbonyl (C=O) groups is 1. The van der Waals surface area contributed by atoms with Gasteiger partial charge in [0.25, 0.3) is 0 Å². The highest BCUT2D eigenvalue weighted by Gasteiger charge is 2.13. The van der Waals surface area contributed by atoms with Crippen LogP contribution in [-0.4, -0.2) is 15.7 Å². The predicted octanol–water partition coefficient (Wildman–Crippen LogP) is 3.06. The molecule has 1 amide bonds. The number of halogens is 2. The molecule has 6 heteroatoms. The predicted molar refractivity (Wildman–Crippen MR) is 71.3 cm³/mol. The number of anilines is 1. The highest BCUT2D eigenvalue weighted by Crippen LogP contribution is 2.17. The number of nitrogens with one attached hydrogen (secondary N) is 1. The van der Waals surface area contributed by atoms with Crippen LogP contribution in [0.4, 0.5) is 14.5 Å². The first-order chi connectivity index (χ1) is 9.45. The van der Waals surface area contributed by atoms with E-state index in [2.05, 4.69) is 10.4 Å². The number of hydrogen-bond donors (Lipinski definition) is 1. The van der Waals surface area contributed by atoms with Gasteiger partial charge in [0.1, 0.15) is 11.6 Å². The van der Waals surface area contributed by atoms with Crippen molar-refractivity contribution in [1.82, 2.24) is 9.78 Å². The summed E-state index contributed by atoms with van der Waals surface area (Å²) in [5.41, 5.74) is 0.835. The second-order valence-corrected chi connectivity index (χ2v) is 4.66. The molecule has 0 bridgehead atoms. The van der Waals surface area contributed by atoms with Gasteiger partial charge in [-0.2, -0.15) is 5.10 Å². The molecule has 0 aliphatic carbocycles. The van der Waals surface area contributed by atoms with Crippen LogP contribution in [-0.2, 0) is 4.79 Å². The summed E-state index contributed by atoms with van der Waals surface area (Å²) < 4.78 is 27.8. The second kappa shape index (κ2) is 5.81. The van der Waals surface area contributed by atoms with Crippen LogP contribution in [0.5, 0.6) is 0 Å². The minimum Gasteiger partial charge on any atom is -0.324 e. The van der Waals surface area contributed by atoms with Crippen molar-refractivity contribution in [2.24, 2.45) is 0 Å². The van der Waals surface area contributed by atoms with Crippen LogP contribution in [0.15, 0.2) is 30.5 Å². The topological polar surface area (TPSA) is 46.9 Å². The fourth-order valence-electron chi connectivity index (χ4n) is 1.83. The highest BCUT2D eigenvalue weighted by atomic mass is 19.1. The molecule has 4 nitrogen and oxygen atoms in total. The van der Waals surface area contributed by atoms with E-state index in [4.69, 9.17) is 0 Å². The summed E-state index contributed by atoms with van der Waals surface area (Å²) in [6, 6.07) is 4.72. The van der Waals surface area contributed by atoms with Gasteiger partial charge in [-0.25, -0.2) is 8.78 Å². The first-order valence-electron chi connectivity index (χ1n) is 6.22. The molecule has 20 heavy (non-hydrogen) atoms. The van der Waals surface area contributed by atoms with E-state index in [9.17, 15) is 13.6 Å². The Morgan fingerprint density at radius 1 is 1.40 bits per heavy atom. The molecule has 0 radical (unpaired) electrons. The van der Waals surface area contributed by atoms with Gasteiger partial charge in [-0.1, -0.05) is 0 Å². The Bertz CT molecular complexity index is 625. The third kappa shape index (κ3) is 3.40. The number of nitrogens with zero attached hydrogens (tertiary/aromatic N) is 2. The molecule has 0 spiro atoms. The lowest BCUT2D eigenvalue weighted by Crippen LogP contribution is -2.18. The van der Waals surface area contributed by atoms with Gasteiger partial charge in [-0.05, 0) is 32.0 Å². The molecule has 0 saturated heterocycles. The van der Waals surface area contributed by atoms with Crippen molar-refractivity contribution in [2.45, 2.75) is 26.3 Å². The molecule has 2 rings (SSSR count). The molecular formula is C14H15F2N3O. The Labute approximate surface area is 115 Å². The van der Waals surface area contributed by atoms with Crippen LogP contribution in [0.25, 0.3) is 0 Å². The molecule has 0 unspecified atom stereocenters. The molecular weight excluding hydrogens is 264 g/mol. The lowest BCUT2D eigenvalue weighted by Gasteiger charge is -2.12. The summed E-state index contributed by atoms with van der Waals surface area (Å²) in [6.07, 6.45) is 1.93. The van der Waals surface area contributed by atoms with Gasteiger partial charge in [0.2, 0.25) is 5.91 Å². The molecule has 1 aromatic carbocycles. The van der Waals surface area contributed by atoms with E-state index < -0.39 is 11.6 Å². The zero-order chi connectivity index (χ0) is 14.7. The van der Waals surface area contributed by atoms with E-state index in [1.807, 2.05) is 19.9 Å². The summed E-state index contributed by atoms with van der Waals surface area (Å²) in [5.74, 6) is -1.82. The van der Waals surface area contributed by atoms with E-state index in [0.717, 1.165) is 17.8 Å². The third-order valence-corrected chi connectivity index (χ3v) is 2.88. The summed E-state index contributed by atoms with van der Waals surface area (Å²) in [6.45, 7) is 3.70. The van der Waals surface area contributed by atoms with Crippen LogP contribution >= 0.6 is 0 Å². The Morgan fingerprint density at radius 2 is 2.15 bits per heavy atom. The van der Waals surface area contributed by atoms with Crippen molar-refractivity contribution in [3.8, 4) is 0 Å².